The van der Waals surface area contributed by atoms with Crippen molar-refractivity contribution in [3.8, 4) is 11.5 Å². The summed E-state index contributed by atoms with van der Waals surface area (Å²) >= 11 is 0. The predicted octanol–water partition coefficient (Wildman–Crippen LogP) is 3.39. The number of amides is 1. The Morgan fingerprint density at radius 2 is 1.70 bits per heavy atom. The van der Waals surface area contributed by atoms with Crippen LogP contribution in [0.15, 0.2) is 47.4 Å². The molecule has 2 heterocycles. The van der Waals surface area contributed by atoms with E-state index >= 15 is 0 Å². The molecule has 2 aliphatic rings. The summed E-state index contributed by atoms with van der Waals surface area (Å²) in [6.45, 7) is 6.06. The average molecular weight is 473 g/mol. The molecule has 1 amide bonds. The van der Waals surface area contributed by atoms with Crippen LogP contribution in [0.4, 0.5) is 0 Å². The first-order valence-electron chi connectivity index (χ1n) is 11.4. The fraction of sp³-hybridized carbons (Fsp3) is 0.480. The highest BCUT2D eigenvalue weighted by Gasteiger charge is 2.45. The van der Waals surface area contributed by atoms with Gasteiger partial charge in [0.05, 0.1) is 7.11 Å². The number of carbonyl (C=O) groups excluding carboxylic acids is 1. The Hall–Kier alpha value is -2.58. The molecule has 4 rings (SSSR count). The standard InChI is InChI=1S/C25H32N2O5S/c1-19-8-9-22(31-3)23(16-19)33(29,30)27-15-12-25(18-27)10-13-26(14-11-25)24(28)17-32-21-7-5-4-6-20(21)2/h4-9,16H,10-15,17-18H2,1-3H3. The molecule has 8 heteroatoms. The zero-order valence-electron chi connectivity index (χ0n) is 19.5. The van der Waals surface area contributed by atoms with E-state index in [4.69, 9.17) is 9.47 Å². The van der Waals surface area contributed by atoms with Crippen LogP contribution in [0.2, 0.25) is 0 Å². The van der Waals surface area contributed by atoms with Crippen molar-refractivity contribution in [2.75, 3.05) is 39.9 Å². The lowest BCUT2D eigenvalue weighted by molar-refractivity contribution is -0.135. The molecule has 2 aromatic rings. The van der Waals surface area contributed by atoms with Crippen molar-refractivity contribution in [3.05, 3.63) is 53.6 Å². The predicted molar refractivity (Wildman–Crippen MR) is 126 cm³/mol. The minimum absolute atomic E-state index is 0.0194. The molecule has 178 valence electrons. The number of sulfonamides is 1. The summed E-state index contributed by atoms with van der Waals surface area (Å²) in [6.07, 6.45) is 2.39. The SMILES string of the molecule is COc1ccc(C)cc1S(=O)(=O)N1CCC2(CCN(C(=O)COc3ccccc3C)CC2)C1. The largest absolute Gasteiger partial charge is 0.495 e. The van der Waals surface area contributed by atoms with Crippen molar-refractivity contribution in [2.24, 2.45) is 5.41 Å². The molecule has 0 atom stereocenters. The monoisotopic (exact) mass is 472 g/mol. The molecule has 0 aliphatic carbocycles. The zero-order valence-corrected chi connectivity index (χ0v) is 20.4. The number of para-hydroxylation sites is 1. The molecule has 0 saturated carbocycles. The molecule has 2 aromatic carbocycles. The molecule has 2 fully saturated rings. The molecule has 0 bridgehead atoms. The van der Waals surface area contributed by atoms with Crippen LogP contribution in [0.25, 0.3) is 0 Å². The van der Waals surface area contributed by atoms with E-state index in [2.05, 4.69) is 0 Å². The summed E-state index contributed by atoms with van der Waals surface area (Å²) in [5, 5.41) is 0. The van der Waals surface area contributed by atoms with Crippen LogP contribution in [0.5, 0.6) is 11.5 Å². The first-order valence-corrected chi connectivity index (χ1v) is 12.8. The van der Waals surface area contributed by atoms with E-state index in [1.807, 2.05) is 49.1 Å². The number of hydrogen-bond donors (Lipinski definition) is 0. The van der Waals surface area contributed by atoms with Crippen molar-refractivity contribution in [2.45, 2.75) is 38.0 Å². The van der Waals surface area contributed by atoms with Crippen molar-refractivity contribution in [3.63, 3.8) is 0 Å². The maximum absolute atomic E-state index is 13.4. The summed E-state index contributed by atoms with van der Waals surface area (Å²) in [5.41, 5.74) is 1.79. The van der Waals surface area contributed by atoms with E-state index in [-0.39, 0.29) is 22.8 Å². The Bertz CT molecular complexity index is 1120. The highest BCUT2D eigenvalue weighted by Crippen LogP contribution is 2.43. The van der Waals surface area contributed by atoms with Crippen molar-refractivity contribution in [1.29, 1.82) is 0 Å². The fourth-order valence-electron chi connectivity index (χ4n) is 4.81. The minimum atomic E-state index is -3.64. The molecular weight excluding hydrogens is 440 g/mol. The van der Waals surface area contributed by atoms with E-state index in [1.54, 1.807) is 16.4 Å². The van der Waals surface area contributed by atoms with Gasteiger partial charge >= 0.3 is 0 Å². The van der Waals surface area contributed by atoms with E-state index in [1.165, 1.54) is 7.11 Å². The minimum Gasteiger partial charge on any atom is -0.495 e. The first-order chi connectivity index (χ1) is 15.7. The Balaban J connectivity index is 1.36. The number of benzene rings is 2. The molecule has 0 N–H and O–H groups in total. The molecule has 7 nitrogen and oxygen atoms in total. The lowest BCUT2D eigenvalue weighted by atomic mass is 9.78. The third-order valence-electron chi connectivity index (χ3n) is 6.96. The summed E-state index contributed by atoms with van der Waals surface area (Å²) in [7, 11) is -2.15. The zero-order chi connectivity index (χ0) is 23.6. The Morgan fingerprint density at radius 3 is 2.39 bits per heavy atom. The highest BCUT2D eigenvalue weighted by molar-refractivity contribution is 7.89. The van der Waals surface area contributed by atoms with Crippen LogP contribution in [0.3, 0.4) is 0 Å². The molecule has 33 heavy (non-hydrogen) atoms. The van der Waals surface area contributed by atoms with E-state index in [0.717, 1.165) is 36.1 Å². The number of aryl methyl sites for hydroxylation is 2. The van der Waals surface area contributed by atoms with Crippen LogP contribution < -0.4 is 9.47 Å². The average Bonchev–Trinajstić information content (AvgIpc) is 3.23. The van der Waals surface area contributed by atoms with E-state index in [9.17, 15) is 13.2 Å². The van der Waals surface area contributed by atoms with Gasteiger partial charge in [-0.3, -0.25) is 4.79 Å². The number of likely N-dealkylation sites (tertiary alicyclic amines) is 1. The summed E-state index contributed by atoms with van der Waals surface area (Å²) in [6, 6.07) is 12.9. The van der Waals surface area contributed by atoms with Gasteiger partial charge in [-0.15, -0.1) is 0 Å². The topological polar surface area (TPSA) is 76.2 Å². The summed E-state index contributed by atoms with van der Waals surface area (Å²) in [5.74, 6) is 1.07. The molecule has 1 spiro atoms. The van der Waals surface area contributed by atoms with Crippen molar-refractivity contribution >= 4 is 15.9 Å². The third-order valence-corrected chi connectivity index (χ3v) is 8.83. The van der Waals surface area contributed by atoms with Crippen LogP contribution >= 0.6 is 0 Å². The Kier molecular flexibility index (Phi) is 6.68. The van der Waals surface area contributed by atoms with Gasteiger partial charge in [-0.2, -0.15) is 4.31 Å². The second kappa shape index (κ2) is 9.35. The van der Waals surface area contributed by atoms with Crippen LogP contribution in [0.1, 0.15) is 30.4 Å². The van der Waals surface area contributed by atoms with Crippen LogP contribution in [-0.4, -0.2) is 63.4 Å². The first kappa shape index (κ1) is 23.6. The van der Waals surface area contributed by atoms with Crippen LogP contribution in [-0.2, 0) is 14.8 Å². The van der Waals surface area contributed by atoms with E-state index in [0.29, 0.717) is 31.9 Å². The van der Waals surface area contributed by atoms with Gasteiger partial charge < -0.3 is 14.4 Å². The lowest BCUT2D eigenvalue weighted by Gasteiger charge is -2.39. The van der Waals surface area contributed by atoms with Crippen molar-refractivity contribution < 1.29 is 22.7 Å². The molecular formula is C25H32N2O5S. The quantitative estimate of drug-likeness (QED) is 0.644. The third kappa shape index (κ3) is 4.87. The van der Waals surface area contributed by atoms with Gasteiger partial charge in [0.2, 0.25) is 10.0 Å². The summed E-state index contributed by atoms with van der Waals surface area (Å²) in [4.78, 5) is 14.7. The van der Waals surface area contributed by atoms with Crippen LogP contribution in [0, 0.1) is 19.3 Å². The number of ether oxygens (including phenoxy) is 2. The second-order valence-corrected chi connectivity index (χ2v) is 11.1. The van der Waals surface area contributed by atoms with Gasteiger partial charge in [-0.25, -0.2) is 8.42 Å². The van der Waals surface area contributed by atoms with Crippen molar-refractivity contribution in [1.82, 2.24) is 9.21 Å². The van der Waals surface area contributed by atoms with Gasteiger partial charge in [0.15, 0.2) is 6.61 Å². The Morgan fingerprint density at radius 1 is 1.00 bits per heavy atom. The number of carbonyl (C=O) groups is 1. The molecule has 2 aliphatic heterocycles. The maximum Gasteiger partial charge on any atom is 0.260 e. The van der Waals surface area contributed by atoms with Gasteiger partial charge in [0, 0.05) is 26.2 Å². The van der Waals surface area contributed by atoms with Gasteiger partial charge in [-0.1, -0.05) is 24.3 Å². The lowest BCUT2D eigenvalue weighted by Crippen LogP contribution is -2.46. The normalized spacial score (nSPS) is 18.5. The van der Waals surface area contributed by atoms with Gasteiger partial charge in [-0.05, 0) is 67.9 Å². The van der Waals surface area contributed by atoms with Gasteiger partial charge in [0.1, 0.15) is 16.4 Å². The fourth-order valence-corrected chi connectivity index (χ4v) is 6.61. The number of nitrogens with zero attached hydrogens (tertiary/aromatic N) is 2. The highest BCUT2D eigenvalue weighted by atomic mass is 32.2. The molecule has 0 unspecified atom stereocenters. The van der Waals surface area contributed by atoms with E-state index < -0.39 is 10.0 Å². The number of rotatable bonds is 6. The molecule has 0 aromatic heterocycles. The number of hydrogen-bond acceptors (Lipinski definition) is 5. The number of piperidine rings is 1. The van der Waals surface area contributed by atoms with Gasteiger partial charge in [0.25, 0.3) is 5.91 Å². The maximum atomic E-state index is 13.4. The Labute approximate surface area is 196 Å². The second-order valence-electron chi connectivity index (χ2n) is 9.18. The molecule has 2 saturated heterocycles. The number of methoxy groups -OCH3 is 1. The summed E-state index contributed by atoms with van der Waals surface area (Å²) < 4.78 is 39.4. The smallest absolute Gasteiger partial charge is 0.260 e. The molecule has 0 radical (unpaired) electrons.